The van der Waals surface area contributed by atoms with Crippen molar-refractivity contribution in [1.29, 1.82) is 0 Å². The number of benzene rings is 1. The number of hydrogen-bond donors (Lipinski definition) is 1. The van der Waals surface area contributed by atoms with Crippen molar-refractivity contribution < 1.29 is 4.79 Å². The van der Waals surface area contributed by atoms with E-state index in [-0.39, 0.29) is 5.91 Å². The first-order chi connectivity index (χ1) is 9.56. The van der Waals surface area contributed by atoms with E-state index in [0.717, 1.165) is 11.4 Å². The molecule has 0 aliphatic heterocycles. The third-order valence-electron chi connectivity index (χ3n) is 2.84. The van der Waals surface area contributed by atoms with Gasteiger partial charge in [-0.05, 0) is 25.1 Å². The van der Waals surface area contributed by atoms with Gasteiger partial charge in [0.15, 0.2) is 0 Å². The highest BCUT2D eigenvalue weighted by Gasteiger charge is 2.07. The third-order valence-corrected chi connectivity index (χ3v) is 2.84. The van der Waals surface area contributed by atoms with Gasteiger partial charge in [0, 0.05) is 25.9 Å². The molecule has 0 saturated heterocycles. The van der Waals surface area contributed by atoms with Crippen molar-refractivity contribution in [2.24, 2.45) is 0 Å². The number of nitrogens with one attached hydrogen (secondary N) is 1. The third kappa shape index (κ3) is 3.54. The molecule has 1 heterocycles. The van der Waals surface area contributed by atoms with Gasteiger partial charge in [-0.3, -0.25) is 4.79 Å². The van der Waals surface area contributed by atoms with E-state index in [9.17, 15) is 4.79 Å². The van der Waals surface area contributed by atoms with Crippen molar-refractivity contribution >= 4 is 11.7 Å². The molecule has 104 valence electrons. The molecule has 1 N–H and O–H groups in total. The number of carbonyl (C=O) groups excluding carboxylic acids is 1. The second-order valence-corrected chi connectivity index (χ2v) is 4.78. The predicted molar refractivity (Wildman–Crippen MR) is 78.7 cm³/mol. The molecule has 0 aliphatic rings. The number of amides is 1. The molecule has 0 bridgehead atoms. The van der Waals surface area contributed by atoms with Gasteiger partial charge in [0.25, 0.3) is 5.91 Å². The molecular formula is C15H18N4O. The van der Waals surface area contributed by atoms with Crippen molar-refractivity contribution in [1.82, 2.24) is 15.3 Å². The molecule has 0 unspecified atom stereocenters. The Morgan fingerprint density at radius 2 is 2.10 bits per heavy atom. The van der Waals surface area contributed by atoms with Crippen LogP contribution in [0.25, 0.3) is 0 Å². The first-order valence-corrected chi connectivity index (χ1v) is 6.40. The number of carbonyl (C=O) groups is 1. The van der Waals surface area contributed by atoms with Gasteiger partial charge >= 0.3 is 0 Å². The fourth-order valence-electron chi connectivity index (χ4n) is 1.77. The Balaban J connectivity index is 2.02. The van der Waals surface area contributed by atoms with Crippen molar-refractivity contribution in [2.45, 2.75) is 13.5 Å². The van der Waals surface area contributed by atoms with Crippen LogP contribution in [0.3, 0.4) is 0 Å². The van der Waals surface area contributed by atoms with Crippen molar-refractivity contribution in [3.05, 3.63) is 53.5 Å². The normalized spacial score (nSPS) is 10.2. The zero-order valence-electron chi connectivity index (χ0n) is 11.9. The van der Waals surface area contributed by atoms with E-state index >= 15 is 0 Å². The summed E-state index contributed by atoms with van der Waals surface area (Å²) >= 11 is 0. The highest BCUT2D eigenvalue weighted by atomic mass is 16.1. The van der Waals surface area contributed by atoms with E-state index in [0.29, 0.717) is 17.9 Å². The summed E-state index contributed by atoms with van der Waals surface area (Å²) in [7, 11) is 3.83. The Kier molecular flexibility index (Phi) is 4.30. The Morgan fingerprint density at radius 1 is 1.30 bits per heavy atom. The summed E-state index contributed by atoms with van der Waals surface area (Å²) in [6, 6.07) is 9.30. The summed E-state index contributed by atoms with van der Waals surface area (Å²) in [5, 5.41) is 2.83. The van der Waals surface area contributed by atoms with Gasteiger partial charge in [-0.2, -0.15) is 0 Å². The van der Waals surface area contributed by atoms with Crippen molar-refractivity contribution in [2.75, 3.05) is 19.0 Å². The van der Waals surface area contributed by atoms with Gasteiger partial charge in [0.05, 0.1) is 6.54 Å². The van der Waals surface area contributed by atoms with Crippen LogP contribution in [0, 0.1) is 6.92 Å². The van der Waals surface area contributed by atoms with Crippen LogP contribution in [0.2, 0.25) is 0 Å². The largest absolute Gasteiger partial charge is 0.363 e. The fraction of sp³-hybridized carbons (Fsp3) is 0.267. The number of hydrogen-bond acceptors (Lipinski definition) is 4. The van der Waals surface area contributed by atoms with Crippen LogP contribution < -0.4 is 10.2 Å². The highest BCUT2D eigenvalue weighted by Crippen LogP contribution is 2.06. The van der Waals surface area contributed by atoms with Gasteiger partial charge in [-0.1, -0.05) is 17.7 Å². The second kappa shape index (κ2) is 6.14. The lowest BCUT2D eigenvalue weighted by molar-refractivity contribution is 0.0950. The second-order valence-electron chi connectivity index (χ2n) is 4.78. The number of rotatable bonds is 4. The zero-order valence-corrected chi connectivity index (χ0v) is 11.9. The zero-order chi connectivity index (χ0) is 14.5. The van der Waals surface area contributed by atoms with Crippen LogP contribution in [-0.2, 0) is 6.54 Å². The molecule has 1 aromatic carbocycles. The van der Waals surface area contributed by atoms with E-state index in [1.807, 2.05) is 50.2 Å². The topological polar surface area (TPSA) is 58.1 Å². The maximum absolute atomic E-state index is 12.0. The molecule has 1 aromatic heterocycles. The van der Waals surface area contributed by atoms with Crippen LogP contribution >= 0.6 is 0 Å². The van der Waals surface area contributed by atoms with Gasteiger partial charge in [0.1, 0.15) is 11.6 Å². The molecule has 2 rings (SSSR count). The Bertz CT molecular complexity index is 610. The summed E-state index contributed by atoms with van der Waals surface area (Å²) in [5.74, 6) is 1.30. The van der Waals surface area contributed by atoms with Crippen molar-refractivity contribution in [3.63, 3.8) is 0 Å². The Morgan fingerprint density at radius 3 is 2.80 bits per heavy atom. The summed E-state index contributed by atoms with van der Waals surface area (Å²) in [5.41, 5.74) is 1.71. The van der Waals surface area contributed by atoms with Crippen LogP contribution in [0.15, 0.2) is 36.5 Å². The average molecular weight is 270 g/mol. The first kappa shape index (κ1) is 14.0. The minimum absolute atomic E-state index is 0.118. The summed E-state index contributed by atoms with van der Waals surface area (Å²) in [4.78, 5) is 22.4. The molecule has 5 nitrogen and oxygen atoms in total. The standard InChI is InChI=1S/C15H18N4O/c1-11-5-4-6-12(9-11)15(20)17-10-13-16-8-7-14(18-13)19(2)3/h4-9H,10H2,1-3H3,(H,17,20). The molecule has 0 radical (unpaired) electrons. The predicted octanol–water partition coefficient (Wildman–Crippen LogP) is 1.78. The van der Waals surface area contributed by atoms with Crippen LogP contribution in [0.4, 0.5) is 5.82 Å². The Labute approximate surface area is 118 Å². The monoisotopic (exact) mass is 270 g/mol. The van der Waals surface area contributed by atoms with E-state index < -0.39 is 0 Å². The summed E-state index contributed by atoms with van der Waals surface area (Å²) in [6.07, 6.45) is 1.69. The van der Waals surface area contributed by atoms with E-state index in [1.54, 1.807) is 12.3 Å². The number of nitrogens with zero attached hydrogens (tertiary/aromatic N) is 3. The molecule has 20 heavy (non-hydrogen) atoms. The number of anilines is 1. The van der Waals surface area contributed by atoms with E-state index in [1.165, 1.54) is 0 Å². The quantitative estimate of drug-likeness (QED) is 0.920. The van der Waals surface area contributed by atoms with Gasteiger partial charge in [-0.15, -0.1) is 0 Å². The first-order valence-electron chi connectivity index (χ1n) is 6.40. The minimum atomic E-state index is -0.118. The molecule has 0 fully saturated rings. The van der Waals surface area contributed by atoms with Gasteiger partial charge in [-0.25, -0.2) is 9.97 Å². The van der Waals surface area contributed by atoms with Crippen LogP contribution in [0.1, 0.15) is 21.7 Å². The van der Waals surface area contributed by atoms with Gasteiger partial charge in [0.2, 0.25) is 0 Å². The maximum Gasteiger partial charge on any atom is 0.251 e. The Hall–Kier alpha value is -2.43. The molecule has 0 aliphatic carbocycles. The lowest BCUT2D eigenvalue weighted by Crippen LogP contribution is -2.24. The van der Waals surface area contributed by atoms with Crippen LogP contribution in [0.5, 0.6) is 0 Å². The lowest BCUT2D eigenvalue weighted by Gasteiger charge is -2.12. The van der Waals surface area contributed by atoms with E-state index in [2.05, 4.69) is 15.3 Å². The maximum atomic E-state index is 12.0. The molecular weight excluding hydrogens is 252 g/mol. The number of aromatic nitrogens is 2. The van der Waals surface area contributed by atoms with E-state index in [4.69, 9.17) is 0 Å². The van der Waals surface area contributed by atoms with Crippen molar-refractivity contribution in [3.8, 4) is 0 Å². The van der Waals surface area contributed by atoms with Crippen LogP contribution in [-0.4, -0.2) is 30.0 Å². The molecule has 0 saturated carbocycles. The molecule has 5 heteroatoms. The smallest absolute Gasteiger partial charge is 0.251 e. The molecule has 0 spiro atoms. The number of aryl methyl sites for hydroxylation is 1. The molecule has 0 atom stereocenters. The van der Waals surface area contributed by atoms with Gasteiger partial charge < -0.3 is 10.2 Å². The summed E-state index contributed by atoms with van der Waals surface area (Å²) in [6.45, 7) is 2.27. The SMILES string of the molecule is Cc1cccc(C(=O)NCc2nccc(N(C)C)n2)c1. The fourth-order valence-corrected chi connectivity index (χ4v) is 1.77. The highest BCUT2D eigenvalue weighted by molar-refractivity contribution is 5.94. The minimum Gasteiger partial charge on any atom is -0.363 e. The summed E-state index contributed by atoms with van der Waals surface area (Å²) < 4.78 is 0. The lowest BCUT2D eigenvalue weighted by atomic mass is 10.1. The molecule has 2 aromatic rings. The average Bonchev–Trinajstić information content (AvgIpc) is 2.45. The molecule has 1 amide bonds.